The fraction of sp³-hybridized carbons (Fsp3) is 0.889. The van der Waals surface area contributed by atoms with Gasteiger partial charge in [0.25, 0.3) is 0 Å². The number of rotatable bonds is 4. The van der Waals surface area contributed by atoms with Gasteiger partial charge in [-0.25, -0.2) is 0 Å². The van der Waals surface area contributed by atoms with Crippen molar-refractivity contribution in [2.45, 2.75) is 38.6 Å². The summed E-state index contributed by atoms with van der Waals surface area (Å²) < 4.78 is 0. The Morgan fingerprint density at radius 2 is 2.33 bits per heavy atom. The number of hydrogen-bond donors (Lipinski definition) is 2. The van der Waals surface area contributed by atoms with E-state index in [0.717, 1.165) is 19.3 Å². The normalized spacial score (nSPS) is 19.8. The Morgan fingerprint density at radius 3 is 2.67 bits per heavy atom. The van der Waals surface area contributed by atoms with Gasteiger partial charge in [0, 0.05) is 5.92 Å². The molecule has 3 heteroatoms. The van der Waals surface area contributed by atoms with E-state index in [1.807, 2.05) is 6.92 Å². The van der Waals surface area contributed by atoms with Crippen LogP contribution >= 0.6 is 0 Å². The highest BCUT2D eigenvalue weighted by molar-refractivity contribution is 5.79. The van der Waals surface area contributed by atoms with Gasteiger partial charge >= 0.3 is 0 Å². The van der Waals surface area contributed by atoms with Crippen molar-refractivity contribution in [2.75, 3.05) is 6.61 Å². The summed E-state index contributed by atoms with van der Waals surface area (Å²) in [5.41, 5.74) is 0. The van der Waals surface area contributed by atoms with Gasteiger partial charge in [0.05, 0.1) is 12.6 Å². The van der Waals surface area contributed by atoms with E-state index in [1.54, 1.807) is 0 Å². The number of amides is 1. The summed E-state index contributed by atoms with van der Waals surface area (Å²) in [5, 5.41) is 11.7. The zero-order valence-electron chi connectivity index (χ0n) is 7.55. The second kappa shape index (κ2) is 4.45. The molecular formula is C9H17NO2. The van der Waals surface area contributed by atoms with Crippen molar-refractivity contribution in [2.24, 2.45) is 5.92 Å². The monoisotopic (exact) mass is 171 g/mol. The molecule has 1 atom stereocenters. The van der Waals surface area contributed by atoms with Crippen molar-refractivity contribution >= 4 is 5.91 Å². The molecule has 0 heterocycles. The van der Waals surface area contributed by atoms with Gasteiger partial charge in [-0.15, -0.1) is 0 Å². The molecule has 12 heavy (non-hydrogen) atoms. The average Bonchev–Trinajstić information content (AvgIpc) is 1.96. The highest BCUT2D eigenvalue weighted by Gasteiger charge is 2.26. The van der Waals surface area contributed by atoms with E-state index in [-0.39, 0.29) is 24.5 Å². The first kappa shape index (κ1) is 9.52. The Morgan fingerprint density at radius 1 is 1.67 bits per heavy atom. The van der Waals surface area contributed by atoms with E-state index in [1.165, 1.54) is 6.42 Å². The van der Waals surface area contributed by atoms with Crippen LogP contribution < -0.4 is 5.32 Å². The van der Waals surface area contributed by atoms with Crippen LogP contribution in [0.5, 0.6) is 0 Å². The summed E-state index contributed by atoms with van der Waals surface area (Å²) in [5.74, 6) is 0.354. The smallest absolute Gasteiger partial charge is 0.223 e. The molecule has 0 aromatic carbocycles. The van der Waals surface area contributed by atoms with E-state index in [9.17, 15) is 4.79 Å². The maximum absolute atomic E-state index is 11.3. The minimum atomic E-state index is -0.0434. The molecule has 1 unspecified atom stereocenters. The zero-order chi connectivity index (χ0) is 8.97. The molecule has 1 aliphatic carbocycles. The molecule has 1 amide bonds. The Bertz CT molecular complexity index is 151. The number of carbonyl (C=O) groups excluding carboxylic acids is 1. The van der Waals surface area contributed by atoms with Gasteiger partial charge in [-0.05, 0) is 19.3 Å². The second-order valence-corrected chi connectivity index (χ2v) is 3.42. The third kappa shape index (κ3) is 2.21. The van der Waals surface area contributed by atoms with Crippen molar-refractivity contribution < 1.29 is 9.90 Å². The summed E-state index contributed by atoms with van der Waals surface area (Å²) in [4.78, 5) is 11.3. The maximum atomic E-state index is 11.3. The Labute approximate surface area is 73.2 Å². The number of carbonyl (C=O) groups is 1. The Balaban J connectivity index is 2.23. The molecule has 0 radical (unpaired) electrons. The van der Waals surface area contributed by atoms with Crippen LogP contribution in [0.3, 0.4) is 0 Å². The summed E-state index contributed by atoms with van der Waals surface area (Å²) in [6, 6.07) is -0.0434. The molecule has 1 aliphatic rings. The molecule has 70 valence electrons. The lowest BCUT2D eigenvalue weighted by molar-refractivity contribution is -0.128. The largest absolute Gasteiger partial charge is 0.394 e. The quantitative estimate of drug-likeness (QED) is 0.653. The predicted octanol–water partition coefficient (Wildman–Crippen LogP) is 0.674. The molecule has 2 N–H and O–H groups in total. The van der Waals surface area contributed by atoms with Gasteiger partial charge in [0.15, 0.2) is 0 Å². The van der Waals surface area contributed by atoms with Crippen LogP contribution in [0.4, 0.5) is 0 Å². The number of hydrogen-bond acceptors (Lipinski definition) is 2. The van der Waals surface area contributed by atoms with Gasteiger partial charge in [-0.2, -0.15) is 0 Å². The van der Waals surface area contributed by atoms with Gasteiger partial charge in [0.1, 0.15) is 0 Å². The highest BCUT2D eigenvalue weighted by atomic mass is 16.3. The van der Waals surface area contributed by atoms with Crippen molar-refractivity contribution in [3.63, 3.8) is 0 Å². The van der Waals surface area contributed by atoms with Crippen molar-refractivity contribution in [1.82, 2.24) is 5.32 Å². The highest BCUT2D eigenvalue weighted by Crippen LogP contribution is 2.26. The first-order chi connectivity index (χ1) is 5.77. The lowest BCUT2D eigenvalue weighted by Gasteiger charge is -2.26. The van der Waals surface area contributed by atoms with E-state index in [4.69, 9.17) is 5.11 Å². The maximum Gasteiger partial charge on any atom is 0.223 e. The van der Waals surface area contributed by atoms with Gasteiger partial charge in [-0.1, -0.05) is 13.3 Å². The number of aliphatic hydroxyl groups excluding tert-OH is 1. The van der Waals surface area contributed by atoms with Crippen LogP contribution in [0.25, 0.3) is 0 Å². The molecule has 0 saturated heterocycles. The number of nitrogens with one attached hydrogen (secondary N) is 1. The Kier molecular flexibility index (Phi) is 3.53. The summed E-state index contributed by atoms with van der Waals surface area (Å²) in [7, 11) is 0. The Hall–Kier alpha value is -0.570. The first-order valence-corrected chi connectivity index (χ1v) is 4.69. The average molecular weight is 171 g/mol. The van der Waals surface area contributed by atoms with E-state index >= 15 is 0 Å². The van der Waals surface area contributed by atoms with E-state index in [2.05, 4.69) is 5.32 Å². The molecule has 0 aromatic rings. The van der Waals surface area contributed by atoms with Crippen molar-refractivity contribution in [3.05, 3.63) is 0 Å². The third-order valence-electron chi connectivity index (χ3n) is 2.54. The van der Waals surface area contributed by atoms with Crippen molar-refractivity contribution in [3.8, 4) is 0 Å². The van der Waals surface area contributed by atoms with Crippen molar-refractivity contribution in [1.29, 1.82) is 0 Å². The van der Waals surface area contributed by atoms with Gasteiger partial charge in [0.2, 0.25) is 5.91 Å². The molecule has 0 spiro atoms. The van der Waals surface area contributed by atoms with E-state index in [0.29, 0.717) is 0 Å². The second-order valence-electron chi connectivity index (χ2n) is 3.42. The van der Waals surface area contributed by atoms with Crippen LogP contribution in [-0.4, -0.2) is 23.7 Å². The fourth-order valence-corrected chi connectivity index (χ4v) is 1.27. The van der Waals surface area contributed by atoms with Crippen LogP contribution in [0.1, 0.15) is 32.6 Å². The van der Waals surface area contributed by atoms with E-state index < -0.39 is 0 Å². The molecule has 1 rings (SSSR count). The third-order valence-corrected chi connectivity index (χ3v) is 2.54. The minimum absolute atomic E-state index is 0.0434. The van der Waals surface area contributed by atoms with Gasteiger partial charge in [-0.3, -0.25) is 4.79 Å². The minimum Gasteiger partial charge on any atom is -0.394 e. The van der Waals surface area contributed by atoms with Crippen LogP contribution in [0.2, 0.25) is 0 Å². The van der Waals surface area contributed by atoms with Crippen LogP contribution in [-0.2, 0) is 4.79 Å². The molecule has 1 fully saturated rings. The molecule has 3 nitrogen and oxygen atoms in total. The van der Waals surface area contributed by atoms with Crippen LogP contribution in [0, 0.1) is 5.92 Å². The summed E-state index contributed by atoms with van der Waals surface area (Å²) in [6.45, 7) is 2.01. The van der Waals surface area contributed by atoms with Gasteiger partial charge < -0.3 is 10.4 Å². The predicted molar refractivity (Wildman–Crippen MR) is 46.6 cm³/mol. The van der Waals surface area contributed by atoms with Crippen LogP contribution in [0.15, 0.2) is 0 Å². The first-order valence-electron chi connectivity index (χ1n) is 4.69. The lowest BCUT2D eigenvalue weighted by Crippen LogP contribution is -2.42. The lowest BCUT2D eigenvalue weighted by atomic mass is 9.84. The fourth-order valence-electron chi connectivity index (χ4n) is 1.27. The summed E-state index contributed by atoms with van der Waals surface area (Å²) >= 11 is 0. The molecule has 0 aliphatic heterocycles. The molecular weight excluding hydrogens is 154 g/mol. The molecule has 1 saturated carbocycles. The molecule has 0 bridgehead atoms. The zero-order valence-corrected chi connectivity index (χ0v) is 7.55. The topological polar surface area (TPSA) is 49.3 Å². The standard InChI is InChI=1S/C9H17NO2/c1-2-8(6-11)10-9(12)7-4-3-5-7/h7-8,11H,2-6H2,1H3,(H,10,12). The number of aliphatic hydroxyl groups is 1. The SMILES string of the molecule is CCC(CO)NC(=O)C1CCC1. The summed E-state index contributed by atoms with van der Waals surface area (Å²) in [6.07, 6.45) is 4.02. The molecule has 0 aromatic heterocycles.